The lowest BCUT2D eigenvalue weighted by Crippen LogP contribution is -2.29. The van der Waals surface area contributed by atoms with Crippen molar-refractivity contribution in [2.75, 3.05) is 0 Å². The summed E-state index contributed by atoms with van der Waals surface area (Å²) in [4.78, 5) is 21.5. The highest BCUT2D eigenvalue weighted by Crippen LogP contribution is 2.25. The van der Waals surface area contributed by atoms with Crippen LogP contribution < -0.4 is 0 Å². The first-order valence-electron chi connectivity index (χ1n) is 2.51. The van der Waals surface area contributed by atoms with Crippen LogP contribution in [0.4, 0.5) is 0 Å². The molecule has 0 aromatic heterocycles. The largest absolute Gasteiger partial charge is 0.293 e. The van der Waals surface area contributed by atoms with E-state index in [9.17, 15) is 9.59 Å². The molecule has 0 spiro atoms. The van der Waals surface area contributed by atoms with Crippen LogP contribution in [0.1, 0.15) is 6.92 Å². The maximum atomic E-state index is 10.8. The van der Waals surface area contributed by atoms with Crippen molar-refractivity contribution in [1.82, 2.24) is 0 Å². The minimum absolute atomic E-state index is 0.174. The molecule has 0 bridgehead atoms. The van der Waals surface area contributed by atoms with E-state index in [0.29, 0.717) is 0 Å². The summed E-state index contributed by atoms with van der Waals surface area (Å²) >= 11 is 3.01. The second-order valence-electron chi connectivity index (χ2n) is 2.06. The van der Waals surface area contributed by atoms with E-state index in [1.54, 1.807) is 6.92 Å². The van der Waals surface area contributed by atoms with E-state index in [2.05, 4.69) is 15.9 Å². The van der Waals surface area contributed by atoms with Gasteiger partial charge in [0.1, 0.15) is 4.32 Å². The molecule has 0 unspecified atom stereocenters. The average Bonchev–Trinajstić information content (AvgIpc) is 1.96. The molecule has 1 rings (SSSR count). The normalized spacial score (nSPS) is 23.3. The first-order chi connectivity index (χ1) is 4.05. The molecule has 1 aliphatic carbocycles. The van der Waals surface area contributed by atoms with Gasteiger partial charge in [0.05, 0.1) is 0 Å². The smallest absolute Gasteiger partial charge is 0.180 e. The number of allylic oxidation sites excluding steroid dienone is 2. The van der Waals surface area contributed by atoms with Gasteiger partial charge in [-0.15, -0.1) is 0 Å². The molecule has 0 amide bonds. The Bertz CT molecular complexity index is 183. The fraction of sp³-hybridized carbons (Fsp3) is 0.333. The summed E-state index contributed by atoms with van der Waals surface area (Å²) in [7, 11) is 0. The standard InChI is InChI=1S/C6H5BrO2/c1-6(7)4(8)2-3-5(6)9/h2-3H,1H3. The maximum Gasteiger partial charge on any atom is 0.180 e. The van der Waals surface area contributed by atoms with Gasteiger partial charge in [-0.25, -0.2) is 0 Å². The highest BCUT2D eigenvalue weighted by molar-refractivity contribution is 9.10. The SMILES string of the molecule is CC1(Br)C(=O)C=CC1=O. The molecule has 1 aliphatic rings. The van der Waals surface area contributed by atoms with Gasteiger partial charge in [-0.05, 0) is 19.1 Å². The third kappa shape index (κ3) is 0.852. The van der Waals surface area contributed by atoms with E-state index >= 15 is 0 Å². The lowest BCUT2D eigenvalue weighted by atomic mass is 10.1. The number of halogens is 1. The molecule has 0 saturated heterocycles. The Hall–Kier alpha value is -0.440. The number of alkyl halides is 1. The lowest BCUT2D eigenvalue weighted by molar-refractivity contribution is -0.122. The summed E-state index contributed by atoms with van der Waals surface area (Å²) in [6.45, 7) is 1.55. The third-order valence-corrected chi connectivity index (χ3v) is 2.09. The Kier molecular flexibility index (Phi) is 1.31. The molecular weight excluding hydrogens is 184 g/mol. The molecule has 0 radical (unpaired) electrons. The first kappa shape index (κ1) is 6.68. The lowest BCUT2D eigenvalue weighted by Gasteiger charge is -2.08. The Morgan fingerprint density at radius 2 is 1.67 bits per heavy atom. The van der Waals surface area contributed by atoms with Crippen molar-refractivity contribution >= 4 is 27.5 Å². The van der Waals surface area contributed by atoms with Crippen molar-refractivity contribution in [1.29, 1.82) is 0 Å². The van der Waals surface area contributed by atoms with E-state index in [-0.39, 0.29) is 11.6 Å². The van der Waals surface area contributed by atoms with Crippen LogP contribution in [0.5, 0.6) is 0 Å². The van der Waals surface area contributed by atoms with Crippen molar-refractivity contribution in [3.05, 3.63) is 12.2 Å². The van der Waals surface area contributed by atoms with Crippen molar-refractivity contribution in [2.45, 2.75) is 11.2 Å². The summed E-state index contributed by atoms with van der Waals surface area (Å²) in [6, 6.07) is 0. The predicted molar refractivity (Wildman–Crippen MR) is 36.5 cm³/mol. The molecule has 2 nitrogen and oxygen atoms in total. The molecule has 0 aromatic carbocycles. The number of hydrogen-bond donors (Lipinski definition) is 0. The van der Waals surface area contributed by atoms with E-state index in [4.69, 9.17) is 0 Å². The molecule has 0 fully saturated rings. The van der Waals surface area contributed by atoms with Crippen LogP contribution in [0.15, 0.2) is 12.2 Å². The molecule has 0 N–H and O–H groups in total. The summed E-state index contributed by atoms with van der Waals surface area (Å²) in [5, 5.41) is 0. The number of carbonyl (C=O) groups is 2. The van der Waals surface area contributed by atoms with Gasteiger partial charge in [0, 0.05) is 0 Å². The van der Waals surface area contributed by atoms with Crippen LogP contribution in [0, 0.1) is 0 Å². The molecule has 48 valence electrons. The molecule has 0 aromatic rings. The van der Waals surface area contributed by atoms with Crippen LogP contribution in [0.3, 0.4) is 0 Å². The fourth-order valence-electron chi connectivity index (χ4n) is 0.586. The van der Waals surface area contributed by atoms with Gasteiger partial charge in [0.25, 0.3) is 0 Å². The second kappa shape index (κ2) is 1.77. The number of ketones is 2. The zero-order valence-corrected chi connectivity index (χ0v) is 6.44. The predicted octanol–water partition coefficient (Wildman–Crippen LogP) is 0.848. The molecule has 0 heterocycles. The summed E-state index contributed by atoms with van der Waals surface area (Å²) in [5.74, 6) is -0.347. The van der Waals surface area contributed by atoms with E-state index in [0.717, 1.165) is 0 Å². The van der Waals surface area contributed by atoms with Gasteiger partial charge < -0.3 is 0 Å². The first-order valence-corrected chi connectivity index (χ1v) is 3.30. The van der Waals surface area contributed by atoms with Crippen molar-refractivity contribution in [3.8, 4) is 0 Å². The van der Waals surface area contributed by atoms with Crippen LogP contribution >= 0.6 is 15.9 Å². The van der Waals surface area contributed by atoms with Gasteiger partial charge >= 0.3 is 0 Å². The highest BCUT2D eigenvalue weighted by Gasteiger charge is 2.38. The minimum atomic E-state index is -0.965. The quantitative estimate of drug-likeness (QED) is 0.418. The molecule has 3 heteroatoms. The van der Waals surface area contributed by atoms with Crippen molar-refractivity contribution < 1.29 is 9.59 Å². The fourth-order valence-corrected chi connectivity index (χ4v) is 0.850. The Morgan fingerprint density at radius 1 is 1.33 bits per heavy atom. The van der Waals surface area contributed by atoms with Gasteiger partial charge in [0.15, 0.2) is 11.6 Å². The molecule has 0 saturated carbocycles. The third-order valence-electron chi connectivity index (χ3n) is 1.31. The Balaban J connectivity index is 3.02. The van der Waals surface area contributed by atoms with Crippen molar-refractivity contribution in [2.24, 2.45) is 0 Å². The van der Waals surface area contributed by atoms with E-state index in [1.165, 1.54) is 12.2 Å². The Morgan fingerprint density at radius 3 is 1.78 bits per heavy atom. The monoisotopic (exact) mass is 188 g/mol. The van der Waals surface area contributed by atoms with Crippen LogP contribution in [0.25, 0.3) is 0 Å². The zero-order chi connectivity index (χ0) is 7.07. The van der Waals surface area contributed by atoms with Gasteiger partial charge in [-0.1, -0.05) is 15.9 Å². The number of hydrogen-bond acceptors (Lipinski definition) is 2. The van der Waals surface area contributed by atoms with E-state index < -0.39 is 4.32 Å². The van der Waals surface area contributed by atoms with Crippen LogP contribution in [-0.2, 0) is 9.59 Å². The van der Waals surface area contributed by atoms with E-state index in [1.807, 2.05) is 0 Å². The minimum Gasteiger partial charge on any atom is -0.293 e. The van der Waals surface area contributed by atoms with Crippen LogP contribution in [-0.4, -0.2) is 15.9 Å². The molecule has 9 heavy (non-hydrogen) atoms. The highest BCUT2D eigenvalue weighted by atomic mass is 79.9. The molecular formula is C6H5BrO2. The van der Waals surface area contributed by atoms with Gasteiger partial charge in [-0.2, -0.15) is 0 Å². The molecule has 0 atom stereocenters. The summed E-state index contributed by atoms with van der Waals surface area (Å²) < 4.78 is -0.965. The zero-order valence-electron chi connectivity index (χ0n) is 4.85. The Labute approximate surface area is 61.1 Å². The summed E-state index contributed by atoms with van der Waals surface area (Å²) in [6.07, 6.45) is 2.58. The number of rotatable bonds is 0. The summed E-state index contributed by atoms with van der Waals surface area (Å²) in [5.41, 5.74) is 0. The topological polar surface area (TPSA) is 34.1 Å². The second-order valence-corrected chi connectivity index (χ2v) is 3.65. The van der Waals surface area contributed by atoms with Crippen molar-refractivity contribution in [3.63, 3.8) is 0 Å². The number of carbonyl (C=O) groups excluding carboxylic acids is 2. The van der Waals surface area contributed by atoms with Gasteiger partial charge in [-0.3, -0.25) is 9.59 Å². The molecule has 0 aliphatic heterocycles. The maximum absolute atomic E-state index is 10.8. The van der Waals surface area contributed by atoms with Crippen LogP contribution in [0.2, 0.25) is 0 Å². The average molecular weight is 189 g/mol. The van der Waals surface area contributed by atoms with Gasteiger partial charge in [0.2, 0.25) is 0 Å².